The van der Waals surface area contributed by atoms with Crippen molar-refractivity contribution in [3.8, 4) is 11.5 Å². The van der Waals surface area contributed by atoms with Crippen LogP contribution in [-0.2, 0) is 4.79 Å². The van der Waals surface area contributed by atoms with E-state index in [1.165, 1.54) is 14.2 Å². The Balaban J connectivity index is 1.93. The summed E-state index contributed by atoms with van der Waals surface area (Å²) >= 11 is 0. The molecule has 0 spiro atoms. The molecule has 4 nitrogen and oxygen atoms in total. The molecule has 0 bridgehead atoms. The number of carbonyl (C=O) groups is 1. The van der Waals surface area contributed by atoms with E-state index in [1.807, 2.05) is 7.05 Å². The van der Waals surface area contributed by atoms with Crippen molar-refractivity contribution >= 4 is 5.78 Å². The van der Waals surface area contributed by atoms with Crippen LogP contribution in [0.4, 0.5) is 4.39 Å². The van der Waals surface area contributed by atoms with Crippen LogP contribution >= 0.6 is 0 Å². The van der Waals surface area contributed by atoms with Crippen molar-refractivity contribution in [2.45, 2.75) is 37.8 Å². The summed E-state index contributed by atoms with van der Waals surface area (Å²) in [4.78, 5) is 13.9. The first-order valence-electron chi connectivity index (χ1n) is 7.70. The molecular weight excluding hydrogens is 285 g/mol. The Hall–Kier alpha value is -1.62. The lowest BCUT2D eigenvalue weighted by Crippen LogP contribution is -2.36. The average molecular weight is 307 g/mol. The lowest BCUT2D eigenvalue weighted by atomic mass is 9.83. The summed E-state index contributed by atoms with van der Waals surface area (Å²) in [6.07, 6.45) is 3.06. The van der Waals surface area contributed by atoms with Crippen LogP contribution in [0.5, 0.6) is 11.5 Å². The van der Waals surface area contributed by atoms with E-state index >= 15 is 0 Å². The van der Waals surface area contributed by atoms with Gasteiger partial charge in [-0.25, -0.2) is 4.39 Å². The second kappa shape index (κ2) is 5.88. The number of methoxy groups -OCH3 is 2. The van der Waals surface area contributed by atoms with Gasteiger partial charge in [-0.05, 0) is 31.9 Å². The van der Waals surface area contributed by atoms with Crippen LogP contribution in [0.3, 0.4) is 0 Å². The molecule has 1 saturated carbocycles. The number of ether oxygens (including phenoxy) is 2. The van der Waals surface area contributed by atoms with Crippen LogP contribution in [0.25, 0.3) is 0 Å². The molecule has 1 aliphatic heterocycles. The van der Waals surface area contributed by atoms with E-state index < -0.39 is 0 Å². The van der Waals surface area contributed by atoms with Crippen molar-refractivity contribution in [3.63, 3.8) is 0 Å². The molecule has 0 N–H and O–H groups in total. The molecule has 120 valence electrons. The number of hydrogen-bond donors (Lipinski definition) is 0. The normalized spacial score (nSPS) is 28.5. The number of nitrogens with zero attached hydrogens (tertiary/aromatic N) is 1. The van der Waals surface area contributed by atoms with Gasteiger partial charge in [-0.1, -0.05) is 6.07 Å². The monoisotopic (exact) mass is 307 g/mol. The maximum atomic E-state index is 14.8. The van der Waals surface area contributed by atoms with Gasteiger partial charge in [0, 0.05) is 30.5 Å². The third-order valence-corrected chi connectivity index (χ3v) is 5.19. The molecule has 1 aromatic rings. The number of carbonyl (C=O) groups excluding carboxylic acids is 1. The molecule has 0 radical (unpaired) electrons. The first kappa shape index (κ1) is 15.3. The molecule has 2 fully saturated rings. The first-order chi connectivity index (χ1) is 10.6. The Morgan fingerprint density at radius 3 is 2.73 bits per heavy atom. The molecule has 1 aliphatic carbocycles. The standard InChI is InChI=1S/C17H22FNO3/c1-19-13-9-11(20)5-4-10(13)8-14(19)12-6-7-15(21-2)17(22-3)16(12)18/h6-7,10,13-14H,4-5,8-9H2,1-3H3. The van der Waals surface area contributed by atoms with Crippen molar-refractivity contribution in [3.05, 3.63) is 23.5 Å². The lowest BCUT2D eigenvalue weighted by Gasteiger charge is -2.30. The minimum atomic E-state index is -0.358. The van der Waals surface area contributed by atoms with E-state index in [4.69, 9.17) is 9.47 Å². The van der Waals surface area contributed by atoms with Gasteiger partial charge in [-0.2, -0.15) is 0 Å². The van der Waals surface area contributed by atoms with Gasteiger partial charge in [-0.15, -0.1) is 0 Å². The number of rotatable bonds is 3. The molecule has 2 aliphatic rings. The molecular formula is C17H22FNO3. The molecule has 22 heavy (non-hydrogen) atoms. The zero-order valence-corrected chi connectivity index (χ0v) is 13.3. The fourth-order valence-electron chi connectivity index (χ4n) is 3.98. The largest absolute Gasteiger partial charge is 0.493 e. The van der Waals surface area contributed by atoms with E-state index in [0.29, 0.717) is 35.9 Å². The van der Waals surface area contributed by atoms with Crippen molar-refractivity contribution in [2.24, 2.45) is 5.92 Å². The third-order valence-electron chi connectivity index (χ3n) is 5.19. The van der Waals surface area contributed by atoms with Gasteiger partial charge in [0.2, 0.25) is 0 Å². The molecule has 1 saturated heterocycles. The SMILES string of the molecule is COc1ccc(C2CC3CCC(=O)CC3N2C)c(F)c1OC. The molecule has 3 unspecified atom stereocenters. The number of Topliss-reactive ketones (excluding diaryl/α,β-unsaturated/α-hetero) is 1. The van der Waals surface area contributed by atoms with Crippen LogP contribution < -0.4 is 9.47 Å². The Morgan fingerprint density at radius 1 is 1.27 bits per heavy atom. The predicted octanol–water partition coefficient (Wildman–Crippen LogP) is 2.96. The Labute approximate surface area is 130 Å². The van der Waals surface area contributed by atoms with Gasteiger partial charge in [0.1, 0.15) is 5.78 Å². The number of fused-ring (bicyclic) bond motifs is 1. The highest BCUT2D eigenvalue weighted by molar-refractivity contribution is 5.80. The maximum absolute atomic E-state index is 14.8. The van der Waals surface area contributed by atoms with E-state index in [1.54, 1.807) is 12.1 Å². The second-order valence-corrected chi connectivity index (χ2v) is 6.23. The number of likely N-dealkylation sites (tertiary alicyclic amines) is 1. The Morgan fingerprint density at radius 2 is 2.05 bits per heavy atom. The van der Waals surface area contributed by atoms with Gasteiger partial charge in [0.15, 0.2) is 17.3 Å². The van der Waals surface area contributed by atoms with Crippen molar-refractivity contribution in [2.75, 3.05) is 21.3 Å². The molecule has 0 aromatic heterocycles. The summed E-state index contributed by atoms with van der Waals surface area (Å²) < 4.78 is 25.1. The van der Waals surface area contributed by atoms with Gasteiger partial charge < -0.3 is 9.47 Å². The highest BCUT2D eigenvalue weighted by Gasteiger charge is 2.43. The van der Waals surface area contributed by atoms with E-state index in [0.717, 1.165) is 12.8 Å². The van der Waals surface area contributed by atoms with Crippen molar-refractivity contribution in [1.82, 2.24) is 4.90 Å². The summed E-state index contributed by atoms with van der Waals surface area (Å²) in [6.45, 7) is 0. The van der Waals surface area contributed by atoms with Crippen LogP contribution in [-0.4, -0.2) is 38.0 Å². The van der Waals surface area contributed by atoms with Crippen LogP contribution in [0.2, 0.25) is 0 Å². The molecule has 3 atom stereocenters. The van der Waals surface area contributed by atoms with Gasteiger partial charge in [-0.3, -0.25) is 9.69 Å². The zero-order valence-electron chi connectivity index (χ0n) is 13.3. The van der Waals surface area contributed by atoms with Gasteiger partial charge in [0.25, 0.3) is 0 Å². The summed E-state index contributed by atoms with van der Waals surface area (Å²) in [5.41, 5.74) is 0.627. The van der Waals surface area contributed by atoms with Crippen molar-refractivity contribution < 1.29 is 18.7 Å². The molecule has 1 heterocycles. The van der Waals surface area contributed by atoms with Crippen LogP contribution in [0.1, 0.15) is 37.3 Å². The number of benzene rings is 1. The smallest absolute Gasteiger partial charge is 0.197 e. The summed E-state index contributed by atoms with van der Waals surface area (Å²) in [5.74, 6) is 0.988. The first-order valence-corrected chi connectivity index (χ1v) is 7.70. The fourth-order valence-corrected chi connectivity index (χ4v) is 3.98. The quantitative estimate of drug-likeness (QED) is 0.860. The predicted molar refractivity (Wildman–Crippen MR) is 80.8 cm³/mol. The highest BCUT2D eigenvalue weighted by atomic mass is 19.1. The van der Waals surface area contributed by atoms with Crippen LogP contribution in [0.15, 0.2) is 12.1 Å². The summed E-state index contributed by atoms with van der Waals surface area (Å²) in [6, 6.07) is 3.74. The Kier molecular flexibility index (Phi) is 4.08. The molecule has 5 heteroatoms. The highest BCUT2D eigenvalue weighted by Crippen LogP contribution is 2.46. The van der Waals surface area contributed by atoms with Gasteiger partial charge in [0.05, 0.1) is 14.2 Å². The number of hydrogen-bond acceptors (Lipinski definition) is 4. The van der Waals surface area contributed by atoms with E-state index in [9.17, 15) is 9.18 Å². The molecule has 3 rings (SSSR count). The second-order valence-electron chi connectivity index (χ2n) is 6.23. The van der Waals surface area contributed by atoms with Crippen LogP contribution in [0, 0.1) is 11.7 Å². The van der Waals surface area contributed by atoms with E-state index in [-0.39, 0.29) is 23.7 Å². The number of halogens is 1. The molecule has 0 amide bonds. The average Bonchev–Trinajstić information content (AvgIpc) is 2.83. The fraction of sp³-hybridized carbons (Fsp3) is 0.588. The topological polar surface area (TPSA) is 38.8 Å². The maximum Gasteiger partial charge on any atom is 0.197 e. The van der Waals surface area contributed by atoms with E-state index in [2.05, 4.69) is 4.90 Å². The summed E-state index contributed by atoms with van der Waals surface area (Å²) in [5, 5.41) is 0. The minimum Gasteiger partial charge on any atom is -0.493 e. The number of ketones is 1. The molecule has 1 aromatic carbocycles. The Bertz CT molecular complexity index is 590. The zero-order chi connectivity index (χ0) is 15.9. The van der Waals surface area contributed by atoms with Crippen molar-refractivity contribution in [1.29, 1.82) is 0 Å². The minimum absolute atomic E-state index is 0.0132. The third kappa shape index (κ3) is 2.37. The lowest BCUT2D eigenvalue weighted by molar-refractivity contribution is -0.122. The van der Waals surface area contributed by atoms with Gasteiger partial charge >= 0.3 is 0 Å². The summed E-state index contributed by atoms with van der Waals surface area (Å²) in [7, 11) is 4.93.